The minimum absolute atomic E-state index is 0.102. The maximum absolute atomic E-state index is 12.5. The number of aromatic nitrogens is 2. The summed E-state index contributed by atoms with van der Waals surface area (Å²) in [5.41, 5.74) is 1.74. The maximum Gasteiger partial charge on any atom is 0.339 e. The van der Waals surface area contributed by atoms with Crippen molar-refractivity contribution in [2.24, 2.45) is 5.92 Å². The van der Waals surface area contributed by atoms with Crippen molar-refractivity contribution in [2.45, 2.75) is 12.8 Å². The molecule has 0 radical (unpaired) electrons. The number of hydrogen-bond donors (Lipinski definition) is 0. The van der Waals surface area contributed by atoms with Crippen molar-refractivity contribution in [3.05, 3.63) is 59.7 Å². The zero-order valence-electron chi connectivity index (χ0n) is 13.5. The van der Waals surface area contributed by atoms with Crippen LogP contribution >= 0.6 is 0 Å². The summed E-state index contributed by atoms with van der Waals surface area (Å²) < 4.78 is 4.63. The molecule has 1 saturated heterocycles. The van der Waals surface area contributed by atoms with Crippen LogP contribution in [0.25, 0.3) is 0 Å². The first-order chi connectivity index (χ1) is 11.7. The number of carbonyl (C=O) groups is 2. The lowest BCUT2D eigenvalue weighted by atomic mass is 10.0. The van der Waals surface area contributed by atoms with Gasteiger partial charge in [0, 0.05) is 31.2 Å². The number of hydrogen-bond acceptors (Lipinski definition) is 5. The van der Waals surface area contributed by atoms with Crippen LogP contribution < -0.4 is 0 Å². The second kappa shape index (κ2) is 7.21. The number of pyridine rings is 2. The van der Waals surface area contributed by atoms with Crippen molar-refractivity contribution >= 4 is 11.9 Å². The average molecular weight is 325 g/mol. The molecule has 0 bridgehead atoms. The van der Waals surface area contributed by atoms with E-state index in [9.17, 15) is 9.59 Å². The van der Waals surface area contributed by atoms with E-state index in [1.807, 2.05) is 23.1 Å². The fraction of sp³-hybridized carbons (Fsp3) is 0.333. The molecule has 1 amide bonds. The third-order valence-corrected chi connectivity index (χ3v) is 4.20. The molecule has 2 aromatic heterocycles. The second-order valence-corrected chi connectivity index (χ2v) is 5.85. The van der Waals surface area contributed by atoms with E-state index < -0.39 is 5.97 Å². The van der Waals surface area contributed by atoms with Crippen LogP contribution in [-0.4, -0.2) is 46.9 Å². The lowest BCUT2D eigenvalue weighted by Crippen LogP contribution is -2.29. The third-order valence-electron chi connectivity index (χ3n) is 4.20. The molecular weight excluding hydrogens is 306 g/mol. The fourth-order valence-corrected chi connectivity index (χ4v) is 2.92. The highest BCUT2D eigenvalue weighted by Gasteiger charge is 2.28. The molecule has 6 heteroatoms. The number of ether oxygens (including phenoxy) is 1. The van der Waals surface area contributed by atoms with E-state index in [4.69, 9.17) is 0 Å². The Kier molecular flexibility index (Phi) is 4.84. The fourth-order valence-electron chi connectivity index (χ4n) is 2.92. The van der Waals surface area contributed by atoms with Crippen molar-refractivity contribution in [3.8, 4) is 0 Å². The van der Waals surface area contributed by atoms with Gasteiger partial charge in [-0.3, -0.25) is 14.8 Å². The van der Waals surface area contributed by atoms with Crippen molar-refractivity contribution in [1.82, 2.24) is 14.9 Å². The minimum atomic E-state index is -0.460. The van der Waals surface area contributed by atoms with Crippen LogP contribution in [0.2, 0.25) is 0 Å². The number of rotatable bonds is 4. The van der Waals surface area contributed by atoms with Gasteiger partial charge in [0.25, 0.3) is 5.91 Å². The number of likely N-dealkylation sites (tertiary alicyclic amines) is 1. The maximum atomic E-state index is 12.5. The number of esters is 1. The van der Waals surface area contributed by atoms with E-state index in [-0.39, 0.29) is 5.91 Å². The molecule has 0 spiro atoms. The van der Waals surface area contributed by atoms with E-state index in [0.29, 0.717) is 23.7 Å². The molecule has 1 atom stereocenters. The van der Waals surface area contributed by atoms with Crippen LogP contribution in [0, 0.1) is 5.92 Å². The minimum Gasteiger partial charge on any atom is -0.465 e. The first kappa shape index (κ1) is 16.1. The summed E-state index contributed by atoms with van der Waals surface area (Å²) in [6, 6.07) is 9.02. The van der Waals surface area contributed by atoms with Crippen LogP contribution in [0.1, 0.15) is 33.0 Å². The molecule has 3 heterocycles. The standard InChI is InChI=1S/C18H19N3O3/c1-24-18(23)14-5-6-16(20-11-14)17(22)21-9-7-13(12-21)10-15-4-2-3-8-19-15/h2-6,8,11,13H,7,9-10,12H2,1H3. The molecule has 3 rings (SSSR count). The summed E-state index contributed by atoms with van der Waals surface area (Å²) in [6.07, 6.45) is 5.00. The molecule has 1 unspecified atom stereocenters. The summed E-state index contributed by atoms with van der Waals surface area (Å²) in [4.78, 5) is 34.2. The quantitative estimate of drug-likeness (QED) is 0.804. The zero-order chi connectivity index (χ0) is 16.9. The lowest BCUT2D eigenvalue weighted by Gasteiger charge is -2.16. The van der Waals surface area contributed by atoms with Crippen molar-refractivity contribution in [1.29, 1.82) is 0 Å². The normalized spacial score (nSPS) is 16.9. The van der Waals surface area contributed by atoms with Gasteiger partial charge in [0.05, 0.1) is 12.7 Å². The van der Waals surface area contributed by atoms with Gasteiger partial charge in [-0.05, 0) is 43.0 Å². The van der Waals surface area contributed by atoms with Crippen LogP contribution in [0.5, 0.6) is 0 Å². The first-order valence-electron chi connectivity index (χ1n) is 7.91. The van der Waals surface area contributed by atoms with E-state index in [1.165, 1.54) is 13.3 Å². The Morgan fingerprint density at radius 2 is 2.12 bits per heavy atom. The predicted molar refractivity (Wildman–Crippen MR) is 87.5 cm³/mol. The van der Waals surface area contributed by atoms with Gasteiger partial charge in [-0.2, -0.15) is 0 Å². The predicted octanol–water partition coefficient (Wildman–Crippen LogP) is 1.97. The van der Waals surface area contributed by atoms with Crippen LogP contribution in [-0.2, 0) is 11.2 Å². The number of carbonyl (C=O) groups excluding carboxylic acids is 2. The van der Waals surface area contributed by atoms with Gasteiger partial charge < -0.3 is 9.64 Å². The molecular formula is C18H19N3O3. The Balaban J connectivity index is 1.61. The largest absolute Gasteiger partial charge is 0.465 e. The lowest BCUT2D eigenvalue weighted by molar-refractivity contribution is 0.0599. The molecule has 1 fully saturated rings. The van der Waals surface area contributed by atoms with Crippen LogP contribution in [0.4, 0.5) is 0 Å². The highest BCUT2D eigenvalue weighted by Crippen LogP contribution is 2.21. The number of amides is 1. The summed E-state index contributed by atoms with van der Waals surface area (Å²) in [6.45, 7) is 1.42. The van der Waals surface area contributed by atoms with Gasteiger partial charge in [-0.15, -0.1) is 0 Å². The van der Waals surface area contributed by atoms with E-state index in [2.05, 4.69) is 14.7 Å². The van der Waals surface area contributed by atoms with Gasteiger partial charge in [0.1, 0.15) is 5.69 Å². The third kappa shape index (κ3) is 3.59. The highest BCUT2D eigenvalue weighted by atomic mass is 16.5. The Labute approximate surface area is 140 Å². The molecule has 2 aromatic rings. The Morgan fingerprint density at radius 1 is 1.25 bits per heavy atom. The van der Waals surface area contributed by atoms with Gasteiger partial charge in [0.2, 0.25) is 0 Å². The summed E-state index contributed by atoms with van der Waals surface area (Å²) in [5, 5.41) is 0. The smallest absolute Gasteiger partial charge is 0.339 e. The summed E-state index contributed by atoms with van der Waals surface area (Å²) in [5.74, 6) is -0.147. The zero-order valence-corrected chi connectivity index (χ0v) is 13.5. The molecule has 1 aliphatic rings. The topological polar surface area (TPSA) is 72.4 Å². The molecule has 1 aliphatic heterocycles. The highest BCUT2D eigenvalue weighted by molar-refractivity contribution is 5.94. The molecule has 0 aromatic carbocycles. The van der Waals surface area contributed by atoms with Gasteiger partial charge in [0.15, 0.2) is 0 Å². The van der Waals surface area contributed by atoms with Crippen molar-refractivity contribution < 1.29 is 14.3 Å². The summed E-state index contributed by atoms with van der Waals surface area (Å²) in [7, 11) is 1.31. The molecule has 0 saturated carbocycles. The van der Waals surface area contributed by atoms with Gasteiger partial charge in [-0.1, -0.05) is 6.07 Å². The van der Waals surface area contributed by atoms with Crippen molar-refractivity contribution in [2.75, 3.05) is 20.2 Å². The first-order valence-corrected chi connectivity index (χ1v) is 7.91. The number of methoxy groups -OCH3 is 1. The van der Waals surface area contributed by atoms with Gasteiger partial charge in [-0.25, -0.2) is 4.79 Å². The van der Waals surface area contributed by atoms with Crippen LogP contribution in [0.3, 0.4) is 0 Å². The Morgan fingerprint density at radius 3 is 2.79 bits per heavy atom. The monoisotopic (exact) mass is 325 g/mol. The second-order valence-electron chi connectivity index (χ2n) is 5.85. The van der Waals surface area contributed by atoms with E-state index in [0.717, 1.165) is 25.1 Å². The van der Waals surface area contributed by atoms with Crippen molar-refractivity contribution in [3.63, 3.8) is 0 Å². The molecule has 24 heavy (non-hydrogen) atoms. The average Bonchev–Trinajstić information content (AvgIpc) is 3.10. The number of nitrogens with zero attached hydrogens (tertiary/aromatic N) is 3. The molecule has 124 valence electrons. The van der Waals surface area contributed by atoms with Crippen LogP contribution in [0.15, 0.2) is 42.7 Å². The molecule has 0 aliphatic carbocycles. The molecule has 0 N–H and O–H groups in total. The molecule has 6 nitrogen and oxygen atoms in total. The Bertz CT molecular complexity index is 716. The SMILES string of the molecule is COC(=O)c1ccc(C(=O)N2CCC(Cc3ccccn3)C2)nc1. The van der Waals surface area contributed by atoms with E-state index >= 15 is 0 Å². The Hall–Kier alpha value is -2.76. The summed E-state index contributed by atoms with van der Waals surface area (Å²) >= 11 is 0. The van der Waals surface area contributed by atoms with E-state index in [1.54, 1.807) is 18.3 Å². The van der Waals surface area contributed by atoms with Gasteiger partial charge >= 0.3 is 5.97 Å².